The van der Waals surface area contributed by atoms with E-state index in [2.05, 4.69) is 52.5 Å². The number of carbonyl (C=O) groups is 9. The molecule has 25 nitrogen and oxygen atoms in total. The summed E-state index contributed by atoms with van der Waals surface area (Å²) in [7, 11) is 0. The fraction of sp³-hybridized carbons (Fsp3) is 0.485. The van der Waals surface area contributed by atoms with E-state index in [1.54, 1.807) is 30.3 Å². The van der Waals surface area contributed by atoms with Gasteiger partial charge < -0.3 is 76.3 Å². The van der Waals surface area contributed by atoms with Crippen LogP contribution < -0.4 is 71.2 Å². The van der Waals surface area contributed by atoms with E-state index in [4.69, 9.17) is 28.7 Å². The summed E-state index contributed by atoms with van der Waals surface area (Å²) in [5.74, 6) is -7.52. The smallest absolute Gasteiger partial charge is 0.326 e. The molecule has 0 unspecified atom stereocenters. The van der Waals surface area contributed by atoms with E-state index >= 15 is 0 Å². The average Bonchev–Trinajstić information content (AvgIpc) is 3.18. The summed E-state index contributed by atoms with van der Waals surface area (Å²) in [6.07, 6.45) is 0.977. The van der Waals surface area contributed by atoms with Crippen molar-refractivity contribution in [3.05, 3.63) is 35.9 Å². The zero-order valence-corrected chi connectivity index (χ0v) is 31.7. The van der Waals surface area contributed by atoms with Crippen LogP contribution in [0.5, 0.6) is 0 Å². The zero-order chi connectivity index (χ0) is 43.5. The molecule has 0 aliphatic carbocycles. The fourth-order valence-electron chi connectivity index (χ4n) is 4.52. The van der Waals surface area contributed by atoms with E-state index in [1.807, 2.05) is 0 Å². The molecule has 1 aromatic rings. The number of guanidine groups is 2. The monoisotopic (exact) mass is 819 g/mol. The minimum absolute atomic E-state index is 0.000838. The van der Waals surface area contributed by atoms with E-state index in [-0.39, 0.29) is 50.7 Å². The van der Waals surface area contributed by atoms with Crippen molar-refractivity contribution in [2.45, 2.75) is 50.2 Å². The number of hydrogen-bond donors (Lipinski definition) is 14. The van der Waals surface area contributed by atoms with Gasteiger partial charge in [-0.05, 0) is 31.2 Å². The van der Waals surface area contributed by atoms with Crippen LogP contribution in [0.3, 0.4) is 0 Å². The third kappa shape index (κ3) is 23.7. The summed E-state index contributed by atoms with van der Waals surface area (Å²) in [5.41, 5.74) is 27.3. The number of amides is 8. The molecule has 0 aliphatic rings. The summed E-state index contributed by atoms with van der Waals surface area (Å²) in [5, 5.41) is 27.8. The number of nitrogens with one attached hydrogen (secondary N) is 8. The number of nitrogens with zero attached hydrogens (tertiary/aromatic N) is 2. The highest BCUT2D eigenvalue weighted by Crippen LogP contribution is 2.04. The van der Waals surface area contributed by atoms with Gasteiger partial charge in [0.25, 0.3) is 0 Å². The number of benzene rings is 1. The maximum Gasteiger partial charge on any atom is 0.326 e. The molecule has 8 amide bonds. The Balaban J connectivity index is 2.51. The molecular weight excluding hydrogens is 766 g/mol. The van der Waals surface area contributed by atoms with Gasteiger partial charge in [-0.2, -0.15) is 0 Å². The van der Waals surface area contributed by atoms with Crippen LogP contribution in [-0.4, -0.2) is 141 Å². The van der Waals surface area contributed by atoms with Gasteiger partial charge in [-0.1, -0.05) is 30.3 Å². The molecule has 1 aromatic carbocycles. The number of aliphatic imine (C=N–C) groups is 2. The molecule has 320 valence electrons. The number of carboxylic acids is 1. The first-order valence-electron chi connectivity index (χ1n) is 17.8. The number of rotatable bonds is 27. The van der Waals surface area contributed by atoms with Gasteiger partial charge in [0.15, 0.2) is 11.9 Å². The third-order valence-corrected chi connectivity index (χ3v) is 7.45. The van der Waals surface area contributed by atoms with Gasteiger partial charge in [-0.3, -0.25) is 48.3 Å². The first-order valence-corrected chi connectivity index (χ1v) is 17.8. The van der Waals surface area contributed by atoms with Gasteiger partial charge in [-0.25, -0.2) is 4.79 Å². The van der Waals surface area contributed by atoms with E-state index in [1.165, 1.54) is 0 Å². The SMILES string of the molecule is NC(N)=NCCC[C@H](NC(=O)CNC(=O)CNC(=O)CNC(=O)[C@H](Cc1ccccc1)NC(=O)CNC(=O)CNC(=O)CNC(=O)[C@@H](N)CCCN=C(N)N)C(=O)O. The normalized spacial score (nSPS) is 11.8. The van der Waals surface area contributed by atoms with Gasteiger partial charge >= 0.3 is 5.97 Å². The van der Waals surface area contributed by atoms with Crippen molar-refractivity contribution in [1.29, 1.82) is 0 Å². The van der Waals surface area contributed by atoms with Crippen molar-refractivity contribution in [3.8, 4) is 0 Å². The molecule has 0 aliphatic heterocycles. The highest BCUT2D eigenvalue weighted by Gasteiger charge is 2.23. The van der Waals surface area contributed by atoms with E-state index in [0.29, 0.717) is 12.0 Å². The summed E-state index contributed by atoms with van der Waals surface area (Å²) in [4.78, 5) is 118. The Labute approximate surface area is 332 Å². The molecule has 1 rings (SSSR count). The van der Waals surface area contributed by atoms with Gasteiger partial charge in [0.2, 0.25) is 47.3 Å². The molecule has 0 saturated carbocycles. The first kappa shape index (κ1) is 49.0. The van der Waals surface area contributed by atoms with Crippen molar-refractivity contribution in [1.82, 2.24) is 42.5 Å². The molecular formula is C33H53N15O10. The van der Waals surface area contributed by atoms with Crippen molar-refractivity contribution in [3.63, 3.8) is 0 Å². The molecule has 0 aromatic heterocycles. The van der Waals surface area contributed by atoms with Gasteiger partial charge in [0, 0.05) is 19.5 Å². The van der Waals surface area contributed by atoms with Crippen molar-refractivity contribution >= 4 is 65.1 Å². The van der Waals surface area contributed by atoms with Gasteiger partial charge in [0.05, 0.1) is 45.3 Å². The lowest BCUT2D eigenvalue weighted by molar-refractivity contribution is -0.142. The Morgan fingerprint density at radius 1 is 0.534 bits per heavy atom. The standard InChI is InChI=1S/C33H53N15O10/c34-20(8-4-10-39-32(35)36)29(55)45-15-25(51)41-13-24(50)44-18-28(54)48-22(12-19-6-2-1-3-7-19)30(56)46-16-26(52)42-14-23(49)43-17-27(53)47-21(31(57)58)9-5-11-40-33(37)38/h1-3,6-7,20-22H,4-5,8-18,34H2,(H,41,51)(H,42,52)(H,43,49)(H,44,50)(H,45,55)(H,46,56)(H,47,53)(H,48,54)(H,57,58)(H4,35,36,39)(H4,37,38,40)/t20-,21-,22-/m0/s1. The number of aliphatic carboxylic acids is 1. The highest BCUT2D eigenvalue weighted by atomic mass is 16.4. The van der Waals surface area contributed by atoms with Crippen LogP contribution >= 0.6 is 0 Å². The summed E-state index contributed by atoms with van der Waals surface area (Å²) in [6.45, 7) is -2.91. The lowest BCUT2D eigenvalue weighted by Crippen LogP contribution is -2.53. The number of hydrogen-bond acceptors (Lipinski definition) is 12. The lowest BCUT2D eigenvalue weighted by Gasteiger charge is -2.19. The molecule has 25 heteroatoms. The molecule has 0 fully saturated rings. The maximum absolute atomic E-state index is 13.0. The fourth-order valence-corrected chi connectivity index (χ4v) is 4.52. The molecule has 3 atom stereocenters. The van der Waals surface area contributed by atoms with Crippen LogP contribution in [0.4, 0.5) is 0 Å². The number of carboxylic acid groups (broad SMARTS) is 1. The Morgan fingerprint density at radius 2 is 0.931 bits per heavy atom. The van der Waals surface area contributed by atoms with Crippen molar-refractivity contribution < 1.29 is 48.3 Å². The molecule has 0 saturated heterocycles. The van der Waals surface area contributed by atoms with Crippen LogP contribution in [0.2, 0.25) is 0 Å². The average molecular weight is 820 g/mol. The quantitative estimate of drug-likeness (QED) is 0.0223. The predicted molar refractivity (Wildman–Crippen MR) is 207 cm³/mol. The minimum Gasteiger partial charge on any atom is -0.480 e. The summed E-state index contributed by atoms with van der Waals surface area (Å²) in [6, 6.07) is 5.19. The topological polar surface area (TPSA) is 425 Å². The number of nitrogens with two attached hydrogens (primary N) is 5. The highest BCUT2D eigenvalue weighted by molar-refractivity contribution is 5.94. The molecule has 0 radical (unpaired) electrons. The summed E-state index contributed by atoms with van der Waals surface area (Å²) >= 11 is 0. The molecule has 0 bridgehead atoms. The largest absolute Gasteiger partial charge is 0.480 e. The van der Waals surface area contributed by atoms with Crippen molar-refractivity contribution in [2.75, 3.05) is 52.4 Å². The Bertz CT molecular complexity index is 1630. The second-order valence-electron chi connectivity index (χ2n) is 12.3. The van der Waals surface area contributed by atoms with Gasteiger partial charge in [0.1, 0.15) is 12.1 Å². The van der Waals surface area contributed by atoms with Crippen LogP contribution in [-0.2, 0) is 49.6 Å². The Morgan fingerprint density at radius 3 is 1.38 bits per heavy atom. The van der Waals surface area contributed by atoms with E-state index in [9.17, 15) is 48.3 Å². The van der Waals surface area contributed by atoms with E-state index in [0.717, 1.165) is 0 Å². The Hall–Kier alpha value is -7.05. The van der Waals surface area contributed by atoms with Crippen LogP contribution in [0.1, 0.15) is 31.2 Å². The first-order chi connectivity index (χ1) is 27.5. The lowest BCUT2D eigenvalue weighted by atomic mass is 10.1. The predicted octanol–water partition coefficient (Wildman–Crippen LogP) is -7.59. The van der Waals surface area contributed by atoms with Crippen molar-refractivity contribution in [2.24, 2.45) is 38.7 Å². The zero-order valence-electron chi connectivity index (χ0n) is 31.7. The molecule has 0 heterocycles. The second kappa shape index (κ2) is 27.5. The third-order valence-electron chi connectivity index (χ3n) is 7.45. The van der Waals surface area contributed by atoms with Gasteiger partial charge in [-0.15, -0.1) is 0 Å². The molecule has 0 spiro atoms. The van der Waals surface area contributed by atoms with Crippen LogP contribution in [0.15, 0.2) is 40.3 Å². The van der Waals surface area contributed by atoms with Crippen LogP contribution in [0, 0.1) is 0 Å². The Kier molecular flexibility index (Phi) is 23.2. The van der Waals surface area contributed by atoms with Crippen LogP contribution in [0.25, 0.3) is 0 Å². The number of carbonyl (C=O) groups excluding carboxylic acids is 8. The van der Waals surface area contributed by atoms with E-state index < -0.39 is 111 Å². The molecule has 19 N–H and O–H groups in total. The summed E-state index contributed by atoms with van der Waals surface area (Å²) < 4.78 is 0. The maximum atomic E-state index is 13.0. The molecule has 58 heavy (non-hydrogen) atoms. The second-order valence-corrected chi connectivity index (χ2v) is 12.3. The minimum atomic E-state index is -1.30.